The highest BCUT2D eigenvalue weighted by Crippen LogP contribution is 2.29. The molecule has 0 aromatic heterocycles. The van der Waals surface area contributed by atoms with E-state index in [4.69, 9.17) is 10.6 Å². The second-order valence-electron chi connectivity index (χ2n) is 2.71. The second-order valence-corrected chi connectivity index (χ2v) is 2.71. The quantitative estimate of drug-likeness (QED) is 0.694. The van der Waals surface area contributed by atoms with Crippen LogP contribution in [0.1, 0.15) is 18.6 Å². The Morgan fingerprint density at radius 1 is 1.46 bits per heavy atom. The fourth-order valence-electron chi connectivity index (χ4n) is 1.04. The molecule has 1 rings (SSSR count). The summed E-state index contributed by atoms with van der Waals surface area (Å²) in [6, 6.07) is 5.02. The SMILES string of the molecule is COc1ccc(C(C)ON)cc1O. The van der Waals surface area contributed by atoms with Crippen molar-refractivity contribution in [1.29, 1.82) is 0 Å². The molecule has 0 heterocycles. The molecule has 72 valence electrons. The standard InChI is InChI=1S/C9H13NO3/c1-6(13-10)7-3-4-9(12-2)8(11)5-7/h3-6,11H,10H2,1-2H3. The highest BCUT2D eigenvalue weighted by Gasteiger charge is 2.07. The maximum atomic E-state index is 9.41. The Morgan fingerprint density at radius 3 is 2.62 bits per heavy atom. The van der Waals surface area contributed by atoms with E-state index in [1.54, 1.807) is 25.1 Å². The first kappa shape index (κ1) is 9.83. The van der Waals surface area contributed by atoms with Crippen molar-refractivity contribution in [2.45, 2.75) is 13.0 Å². The lowest BCUT2D eigenvalue weighted by Crippen LogP contribution is -2.05. The van der Waals surface area contributed by atoms with Gasteiger partial charge in [0.05, 0.1) is 7.11 Å². The molecule has 1 aromatic carbocycles. The van der Waals surface area contributed by atoms with Crippen LogP contribution in [0.2, 0.25) is 0 Å². The van der Waals surface area contributed by atoms with E-state index in [9.17, 15) is 5.11 Å². The summed E-state index contributed by atoms with van der Waals surface area (Å²) in [6.07, 6.45) is -0.239. The highest BCUT2D eigenvalue weighted by molar-refractivity contribution is 5.42. The minimum absolute atomic E-state index is 0.0869. The minimum atomic E-state index is -0.239. The molecule has 0 aliphatic heterocycles. The van der Waals surface area contributed by atoms with Crippen molar-refractivity contribution in [3.63, 3.8) is 0 Å². The maximum absolute atomic E-state index is 9.41. The molecule has 1 atom stereocenters. The van der Waals surface area contributed by atoms with Crippen molar-refractivity contribution >= 4 is 0 Å². The number of aromatic hydroxyl groups is 1. The van der Waals surface area contributed by atoms with E-state index >= 15 is 0 Å². The summed E-state index contributed by atoms with van der Waals surface area (Å²) in [4.78, 5) is 4.61. The topological polar surface area (TPSA) is 64.7 Å². The number of methoxy groups -OCH3 is 1. The van der Waals surface area contributed by atoms with Gasteiger partial charge in [0, 0.05) is 0 Å². The summed E-state index contributed by atoms with van der Waals surface area (Å²) in [5.41, 5.74) is 0.806. The van der Waals surface area contributed by atoms with Gasteiger partial charge in [-0.2, -0.15) is 0 Å². The van der Waals surface area contributed by atoms with E-state index in [0.29, 0.717) is 5.75 Å². The van der Waals surface area contributed by atoms with Crippen molar-refractivity contribution in [2.24, 2.45) is 5.90 Å². The number of rotatable bonds is 3. The summed E-state index contributed by atoms with van der Waals surface area (Å²) in [6.45, 7) is 1.79. The zero-order chi connectivity index (χ0) is 9.84. The molecular weight excluding hydrogens is 170 g/mol. The van der Waals surface area contributed by atoms with E-state index in [0.717, 1.165) is 5.56 Å². The Kier molecular flexibility index (Phi) is 3.11. The van der Waals surface area contributed by atoms with Crippen molar-refractivity contribution in [2.75, 3.05) is 7.11 Å². The molecule has 0 fully saturated rings. The fraction of sp³-hybridized carbons (Fsp3) is 0.333. The van der Waals surface area contributed by atoms with E-state index in [1.165, 1.54) is 7.11 Å². The minimum Gasteiger partial charge on any atom is -0.504 e. The van der Waals surface area contributed by atoms with Crippen LogP contribution in [0.25, 0.3) is 0 Å². The van der Waals surface area contributed by atoms with E-state index in [-0.39, 0.29) is 11.9 Å². The Labute approximate surface area is 76.8 Å². The van der Waals surface area contributed by atoms with Gasteiger partial charge in [-0.25, -0.2) is 5.90 Å². The molecule has 4 nitrogen and oxygen atoms in total. The average molecular weight is 183 g/mol. The third-order valence-corrected chi connectivity index (χ3v) is 1.88. The Bertz CT molecular complexity index is 288. The number of hydrogen-bond donors (Lipinski definition) is 2. The third-order valence-electron chi connectivity index (χ3n) is 1.88. The van der Waals surface area contributed by atoms with Gasteiger partial charge in [0.15, 0.2) is 11.5 Å². The van der Waals surface area contributed by atoms with E-state index < -0.39 is 0 Å². The van der Waals surface area contributed by atoms with Gasteiger partial charge in [-0.15, -0.1) is 0 Å². The molecule has 0 aliphatic carbocycles. The summed E-state index contributed by atoms with van der Waals surface area (Å²) >= 11 is 0. The summed E-state index contributed by atoms with van der Waals surface area (Å²) < 4.78 is 4.89. The van der Waals surface area contributed by atoms with E-state index in [2.05, 4.69) is 4.84 Å². The smallest absolute Gasteiger partial charge is 0.160 e. The fourth-order valence-corrected chi connectivity index (χ4v) is 1.04. The van der Waals surface area contributed by atoms with Gasteiger partial charge in [-0.05, 0) is 24.6 Å². The molecule has 3 N–H and O–H groups in total. The molecule has 0 saturated carbocycles. The molecule has 0 radical (unpaired) electrons. The van der Waals surface area contributed by atoms with Crippen LogP contribution in [0.5, 0.6) is 11.5 Å². The predicted molar refractivity (Wildman–Crippen MR) is 48.3 cm³/mol. The highest BCUT2D eigenvalue weighted by atomic mass is 16.6. The molecule has 1 unspecified atom stereocenters. The number of benzene rings is 1. The van der Waals surface area contributed by atoms with Gasteiger partial charge in [0.1, 0.15) is 6.10 Å². The van der Waals surface area contributed by atoms with Crippen LogP contribution < -0.4 is 10.6 Å². The van der Waals surface area contributed by atoms with Crippen LogP contribution in [-0.2, 0) is 4.84 Å². The second kappa shape index (κ2) is 4.11. The van der Waals surface area contributed by atoms with Crippen molar-refractivity contribution in [1.82, 2.24) is 0 Å². The summed E-state index contributed by atoms with van der Waals surface area (Å²) in [7, 11) is 1.50. The predicted octanol–water partition coefficient (Wildman–Crippen LogP) is 1.35. The molecule has 0 spiro atoms. The first-order valence-corrected chi connectivity index (χ1v) is 3.91. The molecule has 0 saturated heterocycles. The van der Waals surface area contributed by atoms with Crippen molar-refractivity contribution < 1.29 is 14.7 Å². The first-order chi connectivity index (χ1) is 6.19. The Morgan fingerprint density at radius 2 is 2.15 bits per heavy atom. The molecule has 0 aliphatic rings. The van der Waals surface area contributed by atoms with Crippen LogP contribution in [0, 0.1) is 0 Å². The van der Waals surface area contributed by atoms with Crippen molar-refractivity contribution in [3.05, 3.63) is 23.8 Å². The van der Waals surface area contributed by atoms with Gasteiger partial charge in [-0.1, -0.05) is 6.07 Å². The van der Waals surface area contributed by atoms with Crippen LogP contribution in [0.3, 0.4) is 0 Å². The number of phenols is 1. The van der Waals surface area contributed by atoms with Gasteiger partial charge < -0.3 is 9.84 Å². The maximum Gasteiger partial charge on any atom is 0.160 e. The Balaban J connectivity index is 2.95. The van der Waals surface area contributed by atoms with Crippen LogP contribution in [-0.4, -0.2) is 12.2 Å². The molecule has 4 heteroatoms. The van der Waals surface area contributed by atoms with Gasteiger partial charge in [0.25, 0.3) is 0 Å². The van der Waals surface area contributed by atoms with E-state index in [1.807, 2.05) is 0 Å². The zero-order valence-electron chi connectivity index (χ0n) is 7.65. The monoisotopic (exact) mass is 183 g/mol. The number of ether oxygens (including phenoxy) is 1. The number of phenolic OH excluding ortho intramolecular Hbond substituents is 1. The largest absolute Gasteiger partial charge is 0.504 e. The molecule has 13 heavy (non-hydrogen) atoms. The first-order valence-electron chi connectivity index (χ1n) is 3.91. The Hall–Kier alpha value is -1.26. The lowest BCUT2D eigenvalue weighted by molar-refractivity contribution is 0.0662. The van der Waals surface area contributed by atoms with Gasteiger partial charge >= 0.3 is 0 Å². The van der Waals surface area contributed by atoms with Crippen LogP contribution in [0.4, 0.5) is 0 Å². The number of nitrogens with two attached hydrogens (primary N) is 1. The lowest BCUT2D eigenvalue weighted by atomic mass is 10.1. The molecule has 0 amide bonds. The van der Waals surface area contributed by atoms with Crippen LogP contribution in [0.15, 0.2) is 18.2 Å². The average Bonchev–Trinajstić information content (AvgIpc) is 2.16. The zero-order valence-corrected chi connectivity index (χ0v) is 7.65. The van der Waals surface area contributed by atoms with Gasteiger partial charge in [-0.3, -0.25) is 4.84 Å². The van der Waals surface area contributed by atoms with Crippen molar-refractivity contribution in [3.8, 4) is 11.5 Å². The number of hydrogen-bond acceptors (Lipinski definition) is 4. The summed E-state index contributed by atoms with van der Waals surface area (Å²) in [5, 5.41) is 9.41. The third kappa shape index (κ3) is 2.11. The lowest BCUT2D eigenvalue weighted by Gasteiger charge is -2.10. The molecule has 0 bridgehead atoms. The molecule has 1 aromatic rings. The van der Waals surface area contributed by atoms with Crippen LogP contribution >= 0.6 is 0 Å². The van der Waals surface area contributed by atoms with Gasteiger partial charge in [0.2, 0.25) is 0 Å². The molecular formula is C9H13NO3. The summed E-state index contributed by atoms with van der Waals surface area (Å²) in [5.74, 6) is 5.54. The normalized spacial score (nSPS) is 12.5.